The molecule has 3 aromatic rings. The molecule has 12 heteroatoms. The molecule has 2 aromatic carbocycles. The van der Waals surface area contributed by atoms with E-state index in [-0.39, 0.29) is 49.8 Å². The summed E-state index contributed by atoms with van der Waals surface area (Å²) >= 11 is 0. The Morgan fingerprint density at radius 2 is 1.76 bits per heavy atom. The van der Waals surface area contributed by atoms with E-state index in [1.165, 1.54) is 0 Å². The third-order valence-electron chi connectivity index (χ3n) is 6.39. The van der Waals surface area contributed by atoms with E-state index < -0.39 is 11.9 Å². The number of esters is 1. The monoisotopic (exact) mass is 586 g/mol. The summed E-state index contributed by atoms with van der Waals surface area (Å²) in [5, 5.41) is 8.26. The van der Waals surface area contributed by atoms with Crippen molar-refractivity contribution in [3.63, 3.8) is 0 Å². The van der Waals surface area contributed by atoms with Gasteiger partial charge in [0.1, 0.15) is 12.6 Å². The van der Waals surface area contributed by atoms with Gasteiger partial charge in [-0.1, -0.05) is 19.1 Å². The average Bonchev–Trinajstić information content (AvgIpc) is 3.29. The van der Waals surface area contributed by atoms with Gasteiger partial charge >= 0.3 is 5.97 Å². The molecular weight excluding hydrogens is 551 g/mol. The third-order valence-corrected chi connectivity index (χ3v) is 6.39. The van der Waals surface area contributed by atoms with Gasteiger partial charge in [0.2, 0.25) is 5.91 Å². The first-order valence-electron chi connectivity index (χ1n) is 12.1. The first-order valence-corrected chi connectivity index (χ1v) is 12.1. The average molecular weight is 588 g/mol. The van der Waals surface area contributed by atoms with Gasteiger partial charge in [0.25, 0.3) is 0 Å². The third kappa shape index (κ3) is 8.83. The molecule has 0 spiro atoms. The summed E-state index contributed by atoms with van der Waals surface area (Å²) < 4.78 is 7.10. The summed E-state index contributed by atoms with van der Waals surface area (Å²) in [6.07, 6.45) is 2.08. The van der Waals surface area contributed by atoms with Crippen LogP contribution in [0.5, 0.6) is 0 Å². The number of anilines is 1. The van der Waals surface area contributed by atoms with E-state index in [2.05, 4.69) is 27.1 Å². The highest BCUT2D eigenvalue weighted by Gasteiger charge is 2.19. The van der Waals surface area contributed by atoms with Crippen LogP contribution in [0, 0.1) is 6.92 Å². The van der Waals surface area contributed by atoms with Crippen molar-refractivity contribution >= 4 is 65.7 Å². The van der Waals surface area contributed by atoms with Crippen molar-refractivity contribution in [1.29, 1.82) is 0 Å². The number of benzene rings is 2. The second kappa shape index (κ2) is 15.9. The number of fused-ring (bicyclic) bond motifs is 1. The molecule has 210 valence electrons. The Morgan fingerprint density at radius 3 is 2.45 bits per heavy atom. The largest absolute Gasteiger partial charge is 0.463 e. The van der Waals surface area contributed by atoms with E-state index >= 15 is 0 Å². The summed E-state index contributed by atoms with van der Waals surface area (Å²) in [5.41, 5.74) is 9.54. The summed E-state index contributed by atoms with van der Waals surface area (Å²) in [6.45, 7) is 9.70. The van der Waals surface area contributed by atoms with Gasteiger partial charge in [-0.15, -0.1) is 37.2 Å². The second-order valence-corrected chi connectivity index (χ2v) is 8.97. The molecule has 0 saturated carbocycles. The summed E-state index contributed by atoms with van der Waals surface area (Å²) in [6, 6.07) is 12.7. The zero-order chi connectivity index (χ0) is 24.8. The topological polar surface area (TPSA) is 106 Å². The van der Waals surface area contributed by atoms with Crippen molar-refractivity contribution in [2.45, 2.75) is 26.3 Å². The Labute approximate surface area is 242 Å². The van der Waals surface area contributed by atoms with Crippen molar-refractivity contribution in [2.75, 3.05) is 51.2 Å². The molecule has 1 aliphatic heterocycles. The predicted molar refractivity (Wildman–Crippen MR) is 158 cm³/mol. The highest BCUT2D eigenvalue weighted by molar-refractivity contribution is 5.97. The molecule has 1 fully saturated rings. The van der Waals surface area contributed by atoms with Gasteiger partial charge < -0.3 is 25.6 Å². The van der Waals surface area contributed by atoms with Crippen LogP contribution in [0.25, 0.3) is 16.6 Å². The van der Waals surface area contributed by atoms with Gasteiger partial charge in [-0.05, 0) is 49.4 Å². The minimum atomic E-state index is -0.954. The van der Waals surface area contributed by atoms with Gasteiger partial charge in [0, 0.05) is 43.8 Å². The summed E-state index contributed by atoms with van der Waals surface area (Å²) in [7, 11) is 0. The van der Waals surface area contributed by atoms with E-state index in [0.717, 1.165) is 54.9 Å². The van der Waals surface area contributed by atoms with Crippen molar-refractivity contribution in [2.24, 2.45) is 5.73 Å². The smallest absolute Gasteiger partial charge is 0.307 e. The maximum atomic E-state index is 12.6. The lowest BCUT2D eigenvalue weighted by molar-refractivity contribution is -0.145. The van der Waals surface area contributed by atoms with Gasteiger partial charge in [-0.2, -0.15) is 5.10 Å². The number of nitrogens with one attached hydrogen (secondary N) is 1. The van der Waals surface area contributed by atoms with E-state index in [9.17, 15) is 9.59 Å². The van der Waals surface area contributed by atoms with Gasteiger partial charge in [0.15, 0.2) is 0 Å². The number of aryl methyl sites for hydroxylation is 1. The maximum Gasteiger partial charge on any atom is 0.307 e. The maximum absolute atomic E-state index is 12.6. The number of halogens is 3. The van der Waals surface area contributed by atoms with E-state index in [1.807, 2.05) is 48.0 Å². The van der Waals surface area contributed by atoms with Gasteiger partial charge in [-0.3, -0.25) is 9.59 Å². The molecule has 1 amide bonds. The van der Waals surface area contributed by atoms with Gasteiger partial charge in [-0.25, -0.2) is 4.68 Å². The number of nitrogens with zero attached hydrogens (tertiary/aromatic N) is 4. The van der Waals surface area contributed by atoms with Crippen LogP contribution in [-0.4, -0.2) is 83.4 Å². The van der Waals surface area contributed by atoms with E-state index in [0.29, 0.717) is 18.7 Å². The number of nitrogens with two attached hydrogens (primary N) is 1. The molecule has 1 saturated heterocycles. The number of aromatic nitrogens is 2. The van der Waals surface area contributed by atoms with Crippen LogP contribution in [0.2, 0.25) is 0 Å². The molecular formula is C26H37Cl3N6O3. The fourth-order valence-electron chi connectivity index (χ4n) is 4.21. The Kier molecular flexibility index (Phi) is 14.1. The molecule has 0 unspecified atom stereocenters. The fraction of sp³-hybridized carbons (Fsp3) is 0.423. The van der Waals surface area contributed by atoms with E-state index in [1.54, 1.807) is 12.3 Å². The van der Waals surface area contributed by atoms with Crippen LogP contribution in [0.4, 0.5) is 5.69 Å². The normalized spacial score (nSPS) is 14.5. The van der Waals surface area contributed by atoms with E-state index in [4.69, 9.17) is 10.5 Å². The molecule has 9 nitrogen and oxygen atoms in total. The zero-order valence-corrected chi connectivity index (χ0v) is 24.1. The minimum absolute atomic E-state index is 0. The molecule has 2 heterocycles. The van der Waals surface area contributed by atoms with Crippen molar-refractivity contribution in [3.05, 3.63) is 54.2 Å². The van der Waals surface area contributed by atoms with Crippen LogP contribution in [0.3, 0.4) is 0 Å². The van der Waals surface area contributed by atoms with Crippen molar-refractivity contribution in [1.82, 2.24) is 19.6 Å². The number of rotatable bonds is 9. The highest BCUT2D eigenvalue weighted by Crippen LogP contribution is 2.22. The first kappa shape index (κ1) is 33.6. The Hall–Kier alpha value is -2.40. The van der Waals surface area contributed by atoms with Crippen LogP contribution in [-0.2, 0) is 14.3 Å². The second-order valence-electron chi connectivity index (χ2n) is 8.97. The lowest BCUT2D eigenvalue weighted by Crippen LogP contribution is -2.46. The summed E-state index contributed by atoms with van der Waals surface area (Å²) in [4.78, 5) is 29.4. The standard InChI is InChI=1S/C26H34N6O3.3ClH/c1-3-30-11-13-31(14-12-30)10-9-25(33)35-18-23(27)26(34)29-21-8-7-20-17-28-32(24(20)16-21)22-6-4-5-19(2)15-22;;;/h4-8,15-17,23H,3,9-14,18,27H2,1-2H3,(H,29,34);3*1H/t23-;;;/m0.../s1. The molecule has 0 bridgehead atoms. The molecule has 1 atom stereocenters. The molecule has 1 aliphatic rings. The lowest BCUT2D eigenvalue weighted by atomic mass is 10.2. The highest BCUT2D eigenvalue weighted by atomic mass is 35.5. The number of amides is 1. The number of hydrogen-bond donors (Lipinski definition) is 2. The molecule has 1 aromatic heterocycles. The van der Waals surface area contributed by atoms with Crippen LogP contribution < -0.4 is 11.1 Å². The Bertz CT molecular complexity index is 1180. The first-order chi connectivity index (χ1) is 16.9. The lowest BCUT2D eigenvalue weighted by Gasteiger charge is -2.33. The summed E-state index contributed by atoms with van der Waals surface area (Å²) in [5.74, 6) is -0.746. The molecule has 3 N–H and O–H groups in total. The van der Waals surface area contributed by atoms with Crippen LogP contribution in [0.1, 0.15) is 18.9 Å². The SMILES string of the molecule is CCN1CCN(CCC(=O)OC[C@H](N)C(=O)Nc2ccc3cnn(-c4cccc(C)c4)c3c2)CC1.Cl.Cl.Cl. The number of hydrogen-bond acceptors (Lipinski definition) is 7. The Morgan fingerprint density at radius 1 is 1.05 bits per heavy atom. The zero-order valence-electron chi connectivity index (χ0n) is 21.7. The van der Waals surface area contributed by atoms with Gasteiger partial charge in [0.05, 0.1) is 23.8 Å². The molecule has 0 aliphatic carbocycles. The number of piperazine rings is 1. The molecule has 0 radical (unpaired) electrons. The molecule has 4 rings (SSSR count). The fourth-order valence-corrected chi connectivity index (χ4v) is 4.21. The predicted octanol–water partition coefficient (Wildman–Crippen LogP) is 3.44. The molecule has 38 heavy (non-hydrogen) atoms. The van der Waals surface area contributed by atoms with Crippen molar-refractivity contribution in [3.8, 4) is 5.69 Å². The quantitative estimate of drug-likeness (QED) is 0.370. The number of ether oxygens (including phenoxy) is 1. The van der Waals surface area contributed by atoms with Crippen LogP contribution >= 0.6 is 37.2 Å². The number of carbonyl (C=O) groups excluding carboxylic acids is 2. The van der Waals surface area contributed by atoms with Crippen LogP contribution in [0.15, 0.2) is 48.7 Å². The minimum Gasteiger partial charge on any atom is -0.463 e. The number of likely N-dealkylation sites (N-methyl/N-ethyl adjacent to an activating group) is 1. The van der Waals surface area contributed by atoms with Crippen molar-refractivity contribution < 1.29 is 14.3 Å². The number of carbonyl (C=O) groups is 2. The Balaban J connectivity index is 0.00000241.